The van der Waals surface area contributed by atoms with E-state index in [4.69, 9.17) is 28.3 Å². The topological polar surface area (TPSA) is 17.8 Å². The third-order valence-corrected chi connectivity index (χ3v) is 7.62. The molecular formula is C29H20Cl2N2S2. The fourth-order valence-corrected chi connectivity index (χ4v) is 5.45. The molecule has 4 aromatic carbocycles. The summed E-state index contributed by atoms with van der Waals surface area (Å²) in [5.41, 5.74) is 4.08. The highest BCUT2D eigenvalue weighted by molar-refractivity contribution is 8.02. The molecule has 6 heteroatoms. The first-order valence-corrected chi connectivity index (χ1v) is 13.4. The molecule has 35 heavy (non-hydrogen) atoms. The standard InChI is InChI=1S/C29H20Cl2N2S2/c30-23-11-15-25(16-12-23)34-20-27(21-7-3-1-4-8-21)33-19-28(35-26-17-13-24(31)14-18-26)29(32-33)22-9-5-2-6-10-22/h1-20H/b27-20-. The van der Waals surface area contributed by atoms with E-state index in [0.717, 1.165) is 47.2 Å². The quantitative estimate of drug-likeness (QED) is 0.195. The van der Waals surface area contributed by atoms with Gasteiger partial charge in [0.1, 0.15) is 5.69 Å². The summed E-state index contributed by atoms with van der Waals surface area (Å²) in [5.74, 6) is 0. The lowest BCUT2D eigenvalue weighted by Gasteiger charge is -2.08. The Balaban J connectivity index is 1.58. The van der Waals surface area contributed by atoms with Gasteiger partial charge in [0.05, 0.1) is 10.6 Å². The smallest absolute Gasteiger partial charge is 0.107 e. The Bertz CT molecular complexity index is 1430. The van der Waals surface area contributed by atoms with Crippen molar-refractivity contribution in [1.29, 1.82) is 0 Å². The Morgan fingerprint density at radius 3 is 1.89 bits per heavy atom. The van der Waals surface area contributed by atoms with E-state index in [1.54, 1.807) is 23.5 Å². The predicted octanol–water partition coefficient (Wildman–Crippen LogP) is 9.65. The van der Waals surface area contributed by atoms with Gasteiger partial charge in [-0.3, -0.25) is 0 Å². The van der Waals surface area contributed by atoms with Crippen molar-refractivity contribution in [2.75, 3.05) is 0 Å². The van der Waals surface area contributed by atoms with Gasteiger partial charge in [-0.1, -0.05) is 107 Å². The van der Waals surface area contributed by atoms with Crippen molar-refractivity contribution in [2.45, 2.75) is 14.7 Å². The minimum Gasteiger partial charge on any atom is -0.238 e. The van der Waals surface area contributed by atoms with Crippen molar-refractivity contribution >= 4 is 52.4 Å². The number of rotatable bonds is 7. The number of halogens is 2. The molecule has 0 saturated carbocycles. The molecular weight excluding hydrogens is 511 g/mol. The molecule has 1 aromatic heterocycles. The monoisotopic (exact) mass is 530 g/mol. The molecule has 0 fully saturated rings. The highest BCUT2D eigenvalue weighted by Gasteiger charge is 2.16. The number of aromatic nitrogens is 2. The van der Waals surface area contributed by atoms with Gasteiger partial charge in [-0.15, -0.1) is 0 Å². The maximum atomic E-state index is 6.11. The van der Waals surface area contributed by atoms with Gasteiger partial charge in [0.2, 0.25) is 0 Å². The van der Waals surface area contributed by atoms with E-state index in [0.29, 0.717) is 0 Å². The number of benzene rings is 4. The van der Waals surface area contributed by atoms with Gasteiger partial charge >= 0.3 is 0 Å². The van der Waals surface area contributed by atoms with E-state index in [2.05, 4.69) is 35.9 Å². The molecule has 0 saturated heterocycles. The molecule has 0 aliphatic carbocycles. The van der Waals surface area contributed by atoms with Crippen LogP contribution < -0.4 is 0 Å². The molecule has 1 heterocycles. The van der Waals surface area contributed by atoms with Crippen LogP contribution in [0.4, 0.5) is 0 Å². The van der Waals surface area contributed by atoms with E-state index in [9.17, 15) is 0 Å². The lowest BCUT2D eigenvalue weighted by atomic mass is 10.2. The van der Waals surface area contributed by atoms with Crippen molar-refractivity contribution in [3.8, 4) is 11.3 Å². The van der Waals surface area contributed by atoms with Gasteiger partial charge in [0.15, 0.2) is 0 Å². The third kappa shape index (κ3) is 6.03. The maximum Gasteiger partial charge on any atom is 0.107 e. The van der Waals surface area contributed by atoms with Crippen molar-refractivity contribution in [1.82, 2.24) is 9.78 Å². The zero-order chi connectivity index (χ0) is 24.0. The first kappa shape index (κ1) is 23.8. The first-order valence-electron chi connectivity index (χ1n) is 10.9. The Hall–Kier alpha value is -2.89. The molecule has 0 amide bonds. The van der Waals surface area contributed by atoms with E-state index in [1.807, 2.05) is 89.6 Å². The normalized spacial score (nSPS) is 11.5. The Morgan fingerprint density at radius 1 is 0.686 bits per heavy atom. The molecule has 5 aromatic rings. The van der Waals surface area contributed by atoms with Crippen LogP contribution in [0.5, 0.6) is 0 Å². The van der Waals surface area contributed by atoms with Gasteiger partial charge in [-0.2, -0.15) is 5.10 Å². The summed E-state index contributed by atoms with van der Waals surface area (Å²) in [6.45, 7) is 0. The van der Waals surface area contributed by atoms with Crippen molar-refractivity contribution in [3.63, 3.8) is 0 Å². The number of thioether (sulfide) groups is 1. The molecule has 0 aliphatic heterocycles. The minimum absolute atomic E-state index is 0.724. The Kier molecular flexibility index (Phi) is 7.65. The maximum absolute atomic E-state index is 6.11. The van der Waals surface area contributed by atoms with E-state index in [1.165, 1.54) is 0 Å². The second kappa shape index (κ2) is 11.2. The summed E-state index contributed by atoms with van der Waals surface area (Å²) < 4.78 is 1.97. The van der Waals surface area contributed by atoms with Gasteiger partial charge in [0, 0.05) is 42.6 Å². The van der Waals surface area contributed by atoms with Crippen LogP contribution in [0.25, 0.3) is 17.0 Å². The summed E-state index contributed by atoms with van der Waals surface area (Å²) in [4.78, 5) is 3.28. The van der Waals surface area contributed by atoms with E-state index < -0.39 is 0 Å². The van der Waals surface area contributed by atoms with Crippen molar-refractivity contribution in [3.05, 3.63) is 136 Å². The van der Waals surface area contributed by atoms with Crippen molar-refractivity contribution < 1.29 is 0 Å². The van der Waals surface area contributed by atoms with Gasteiger partial charge in [-0.25, -0.2) is 4.68 Å². The summed E-state index contributed by atoms with van der Waals surface area (Å²) in [5, 5.41) is 8.65. The second-order valence-corrected chi connectivity index (χ2v) is 10.6. The van der Waals surface area contributed by atoms with Crippen LogP contribution in [0.15, 0.2) is 135 Å². The molecule has 0 bridgehead atoms. The lowest BCUT2D eigenvalue weighted by molar-refractivity contribution is 0.908. The van der Waals surface area contributed by atoms with E-state index >= 15 is 0 Å². The third-order valence-electron chi connectivity index (χ3n) is 5.21. The highest BCUT2D eigenvalue weighted by atomic mass is 35.5. The molecule has 0 atom stereocenters. The second-order valence-electron chi connectivity index (χ2n) is 7.65. The zero-order valence-corrected chi connectivity index (χ0v) is 21.7. The van der Waals surface area contributed by atoms with Gasteiger partial charge in [0.25, 0.3) is 0 Å². The van der Waals surface area contributed by atoms with Crippen LogP contribution in [-0.4, -0.2) is 9.78 Å². The Morgan fingerprint density at radius 2 is 1.26 bits per heavy atom. The zero-order valence-electron chi connectivity index (χ0n) is 18.5. The van der Waals surface area contributed by atoms with Gasteiger partial charge in [-0.05, 0) is 48.5 Å². The predicted molar refractivity (Wildman–Crippen MR) is 150 cm³/mol. The van der Waals surface area contributed by atoms with Crippen LogP contribution in [-0.2, 0) is 0 Å². The van der Waals surface area contributed by atoms with Crippen LogP contribution in [0.3, 0.4) is 0 Å². The average molecular weight is 532 g/mol. The molecule has 0 unspecified atom stereocenters. The summed E-state index contributed by atoms with van der Waals surface area (Å²) in [7, 11) is 0. The molecule has 5 rings (SSSR count). The summed E-state index contributed by atoms with van der Waals surface area (Å²) in [6, 6.07) is 36.3. The van der Waals surface area contributed by atoms with Crippen LogP contribution >= 0.6 is 46.7 Å². The fraction of sp³-hybridized carbons (Fsp3) is 0. The van der Waals surface area contributed by atoms with Crippen molar-refractivity contribution in [2.24, 2.45) is 0 Å². The first-order chi connectivity index (χ1) is 17.2. The van der Waals surface area contributed by atoms with Crippen LogP contribution in [0.1, 0.15) is 5.56 Å². The molecule has 0 aliphatic rings. The van der Waals surface area contributed by atoms with Gasteiger partial charge < -0.3 is 0 Å². The molecule has 0 radical (unpaired) electrons. The molecule has 172 valence electrons. The summed E-state index contributed by atoms with van der Waals surface area (Å²) in [6.07, 6.45) is 2.10. The number of nitrogens with zero attached hydrogens (tertiary/aromatic N) is 2. The number of hydrogen-bond donors (Lipinski definition) is 0. The minimum atomic E-state index is 0.724. The van der Waals surface area contributed by atoms with Crippen LogP contribution in [0.2, 0.25) is 10.0 Å². The summed E-state index contributed by atoms with van der Waals surface area (Å²) >= 11 is 15.5. The molecule has 0 spiro atoms. The fourth-order valence-electron chi connectivity index (χ4n) is 3.48. The Labute approximate surface area is 223 Å². The van der Waals surface area contributed by atoms with Crippen LogP contribution in [0, 0.1) is 0 Å². The lowest BCUT2D eigenvalue weighted by Crippen LogP contribution is -1.99. The molecule has 2 nitrogen and oxygen atoms in total. The number of hydrogen-bond acceptors (Lipinski definition) is 3. The molecule has 0 N–H and O–H groups in total. The SMILES string of the molecule is Clc1ccc(S/C=C(/c2ccccc2)n2cc(Sc3ccc(Cl)cc3)c(-c3ccccc3)n2)cc1. The van der Waals surface area contributed by atoms with E-state index in [-0.39, 0.29) is 0 Å². The highest BCUT2D eigenvalue weighted by Crippen LogP contribution is 2.37. The average Bonchev–Trinajstić information content (AvgIpc) is 3.31. The largest absolute Gasteiger partial charge is 0.238 e.